The van der Waals surface area contributed by atoms with Gasteiger partial charge in [0.05, 0.1) is 0 Å². The largest absolute Gasteiger partial charge is 0.135 e. The van der Waals surface area contributed by atoms with Gasteiger partial charge in [-0.1, -0.05) is 133 Å². The summed E-state index contributed by atoms with van der Waals surface area (Å²) in [5, 5.41) is 18.4. The lowest BCUT2D eigenvalue weighted by Crippen LogP contribution is -1.91. The average molecular weight is 693 g/mol. The molecule has 2 heterocycles. The Balaban J connectivity index is 1.16. The highest BCUT2D eigenvalue weighted by Gasteiger charge is 2.20. The van der Waals surface area contributed by atoms with Crippen molar-refractivity contribution in [1.29, 1.82) is 0 Å². The summed E-state index contributed by atoms with van der Waals surface area (Å²) in [6, 6.07) is 63.6. The number of hydrogen-bond acceptors (Lipinski definition) is 2. The summed E-state index contributed by atoms with van der Waals surface area (Å²) in [6.07, 6.45) is 0. The Morgan fingerprint density at radius 1 is 0.231 bits per heavy atom. The zero-order valence-electron chi connectivity index (χ0n) is 28.0. The molecule has 0 unspecified atom stereocenters. The summed E-state index contributed by atoms with van der Waals surface area (Å²) in [6.45, 7) is 0. The number of rotatable bonds is 2. The number of thiophene rings is 2. The van der Waals surface area contributed by atoms with Gasteiger partial charge in [-0.25, -0.2) is 0 Å². The molecule has 0 spiro atoms. The van der Waals surface area contributed by atoms with E-state index < -0.39 is 0 Å². The smallest absolute Gasteiger partial charge is 0.0362 e. The van der Waals surface area contributed by atoms with Crippen LogP contribution in [0.5, 0.6) is 0 Å². The lowest BCUT2D eigenvalue weighted by Gasteiger charge is -2.19. The van der Waals surface area contributed by atoms with E-state index in [1.807, 2.05) is 22.7 Å². The van der Waals surface area contributed by atoms with Crippen LogP contribution in [0.3, 0.4) is 0 Å². The van der Waals surface area contributed by atoms with E-state index in [0.29, 0.717) is 0 Å². The molecule has 2 heteroatoms. The molecule has 0 atom stereocenters. The normalized spacial score (nSPS) is 12.2. The third kappa shape index (κ3) is 3.91. The third-order valence-electron chi connectivity index (χ3n) is 11.2. The maximum absolute atomic E-state index is 2.47. The van der Waals surface area contributed by atoms with E-state index in [1.54, 1.807) is 0 Å². The molecule has 0 aliphatic carbocycles. The highest BCUT2D eigenvalue weighted by atomic mass is 32.1. The maximum atomic E-state index is 2.47. The zero-order valence-corrected chi connectivity index (χ0v) is 29.6. The lowest BCUT2D eigenvalue weighted by atomic mass is 9.84. The number of hydrogen-bond donors (Lipinski definition) is 0. The van der Waals surface area contributed by atoms with Gasteiger partial charge in [-0.05, 0) is 113 Å². The van der Waals surface area contributed by atoms with Gasteiger partial charge in [0.25, 0.3) is 0 Å². The molecular weight excluding hydrogens is 665 g/mol. The molecule has 10 aromatic carbocycles. The van der Waals surface area contributed by atoms with E-state index in [1.165, 1.54) is 116 Å². The molecule has 0 saturated heterocycles. The van der Waals surface area contributed by atoms with Gasteiger partial charge < -0.3 is 0 Å². The molecular formula is C50H28S2. The van der Waals surface area contributed by atoms with Gasteiger partial charge in [0.15, 0.2) is 0 Å². The molecule has 0 N–H and O–H groups in total. The maximum Gasteiger partial charge on any atom is 0.0362 e. The Kier molecular flexibility index (Phi) is 5.90. The lowest BCUT2D eigenvalue weighted by molar-refractivity contribution is 1.69. The second kappa shape index (κ2) is 10.7. The minimum absolute atomic E-state index is 1.25. The van der Waals surface area contributed by atoms with Crippen LogP contribution in [0.4, 0.5) is 0 Å². The van der Waals surface area contributed by atoms with E-state index in [-0.39, 0.29) is 0 Å². The van der Waals surface area contributed by atoms with Crippen LogP contribution >= 0.6 is 22.7 Å². The van der Waals surface area contributed by atoms with Crippen molar-refractivity contribution in [3.8, 4) is 22.3 Å². The minimum atomic E-state index is 1.25. The van der Waals surface area contributed by atoms with Crippen LogP contribution in [0.2, 0.25) is 0 Å². The fourth-order valence-electron chi connectivity index (χ4n) is 9.05. The van der Waals surface area contributed by atoms with Crippen molar-refractivity contribution in [2.45, 2.75) is 0 Å². The van der Waals surface area contributed by atoms with E-state index in [9.17, 15) is 0 Å². The van der Waals surface area contributed by atoms with Crippen molar-refractivity contribution in [1.82, 2.24) is 0 Å². The SMILES string of the molecule is c1ccc2c(c1)sc1ccc3sc4ccc(-c5c6ccccc6c(-c6ccc7c8ccccc8c8ccccc8c7c6)c6ccccc56)cc4c3c12. The molecule has 0 nitrogen and oxygen atoms in total. The van der Waals surface area contributed by atoms with Crippen molar-refractivity contribution >= 4 is 117 Å². The number of fused-ring (bicyclic) bond motifs is 15. The van der Waals surface area contributed by atoms with Crippen molar-refractivity contribution < 1.29 is 0 Å². The minimum Gasteiger partial charge on any atom is -0.135 e. The quantitative estimate of drug-likeness (QED) is 0.125. The van der Waals surface area contributed by atoms with Crippen LogP contribution in [0.1, 0.15) is 0 Å². The summed E-state index contributed by atoms with van der Waals surface area (Å²) in [5.41, 5.74) is 5.11. The van der Waals surface area contributed by atoms with Gasteiger partial charge in [0, 0.05) is 40.3 Å². The second-order valence-corrected chi connectivity index (χ2v) is 16.1. The summed E-state index contributed by atoms with van der Waals surface area (Å²) < 4.78 is 5.39. The summed E-state index contributed by atoms with van der Waals surface area (Å²) in [4.78, 5) is 0. The first-order chi connectivity index (χ1) is 25.8. The predicted molar refractivity (Wildman–Crippen MR) is 231 cm³/mol. The molecule has 0 bridgehead atoms. The molecule has 12 aromatic rings. The number of benzene rings is 10. The van der Waals surface area contributed by atoms with Crippen LogP contribution < -0.4 is 0 Å². The molecule has 0 saturated carbocycles. The van der Waals surface area contributed by atoms with Crippen LogP contribution in [-0.2, 0) is 0 Å². The van der Waals surface area contributed by atoms with E-state index >= 15 is 0 Å². The van der Waals surface area contributed by atoms with Gasteiger partial charge >= 0.3 is 0 Å². The summed E-state index contributed by atoms with van der Waals surface area (Å²) in [7, 11) is 0. The van der Waals surface area contributed by atoms with Gasteiger partial charge in [-0.15, -0.1) is 22.7 Å². The Hall–Kier alpha value is -6.06. The molecule has 12 rings (SSSR count). The summed E-state index contributed by atoms with van der Waals surface area (Å²) in [5.74, 6) is 0. The van der Waals surface area contributed by atoms with Crippen LogP contribution in [0.25, 0.3) is 116 Å². The first-order valence-corrected chi connectivity index (χ1v) is 19.5. The molecule has 0 radical (unpaired) electrons. The van der Waals surface area contributed by atoms with Crippen molar-refractivity contribution in [2.75, 3.05) is 0 Å². The van der Waals surface area contributed by atoms with Crippen LogP contribution in [0.15, 0.2) is 170 Å². The highest BCUT2D eigenvalue weighted by Crippen LogP contribution is 2.48. The Morgan fingerprint density at radius 2 is 0.577 bits per heavy atom. The summed E-state index contributed by atoms with van der Waals surface area (Å²) >= 11 is 3.80. The van der Waals surface area contributed by atoms with Gasteiger partial charge in [0.1, 0.15) is 0 Å². The highest BCUT2D eigenvalue weighted by molar-refractivity contribution is 7.28. The predicted octanol–water partition coefficient (Wildman–Crippen LogP) is 15.5. The van der Waals surface area contributed by atoms with Crippen molar-refractivity contribution in [3.05, 3.63) is 170 Å². The molecule has 0 fully saturated rings. The van der Waals surface area contributed by atoms with Crippen molar-refractivity contribution in [2.24, 2.45) is 0 Å². The molecule has 0 aliphatic rings. The fourth-order valence-corrected chi connectivity index (χ4v) is 11.3. The molecule has 2 aromatic heterocycles. The zero-order chi connectivity index (χ0) is 33.9. The molecule has 52 heavy (non-hydrogen) atoms. The monoisotopic (exact) mass is 692 g/mol. The van der Waals surface area contributed by atoms with E-state index in [0.717, 1.165) is 0 Å². The average Bonchev–Trinajstić information content (AvgIpc) is 3.77. The van der Waals surface area contributed by atoms with Gasteiger partial charge in [-0.3, -0.25) is 0 Å². The Morgan fingerprint density at radius 3 is 1.12 bits per heavy atom. The van der Waals surface area contributed by atoms with E-state index in [4.69, 9.17) is 0 Å². The molecule has 0 aliphatic heterocycles. The van der Waals surface area contributed by atoms with E-state index in [2.05, 4.69) is 170 Å². The molecule has 0 amide bonds. The Labute approximate surface area is 307 Å². The standard InChI is InChI=1S/C50H28S2/c1-2-13-33-31(11-1)32-12-3-4-14-34(32)41-27-29(21-23-35(33)41)47-36-15-5-7-17-38(36)48(39-18-8-6-16-37(39)47)30-22-24-44-42(28-30)50-46(52-44)26-25-45-49(50)40-19-9-10-20-43(40)51-45/h1-28H. The third-order valence-corrected chi connectivity index (χ3v) is 13.5. The van der Waals surface area contributed by atoms with Crippen LogP contribution in [-0.4, -0.2) is 0 Å². The van der Waals surface area contributed by atoms with Gasteiger partial charge in [0.2, 0.25) is 0 Å². The second-order valence-electron chi connectivity index (χ2n) is 13.9. The van der Waals surface area contributed by atoms with Crippen LogP contribution in [0, 0.1) is 0 Å². The first kappa shape index (κ1) is 28.6. The van der Waals surface area contributed by atoms with Crippen molar-refractivity contribution in [3.63, 3.8) is 0 Å². The molecule has 240 valence electrons. The fraction of sp³-hybridized carbons (Fsp3) is 0. The van der Waals surface area contributed by atoms with Gasteiger partial charge in [-0.2, -0.15) is 0 Å². The topological polar surface area (TPSA) is 0 Å². The Bertz CT molecular complexity index is 3380. The first-order valence-electron chi connectivity index (χ1n) is 17.8.